The third-order valence-corrected chi connectivity index (χ3v) is 3.87. The van der Waals surface area contributed by atoms with Gasteiger partial charge in [-0.3, -0.25) is 14.5 Å². The second-order valence-corrected chi connectivity index (χ2v) is 5.40. The first-order valence-electron chi connectivity index (χ1n) is 7.53. The van der Waals surface area contributed by atoms with Crippen molar-refractivity contribution in [2.75, 3.05) is 52.3 Å². The number of methoxy groups -OCH3 is 2. The highest BCUT2D eigenvalue weighted by atomic mass is 16.5. The minimum absolute atomic E-state index is 0.0806. The Morgan fingerprint density at radius 3 is 2.39 bits per heavy atom. The second-order valence-electron chi connectivity index (χ2n) is 5.40. The average molecular weight is 321 g/mol. The number of carbonyl (C=O) groups excluding carboxylic acids is 2. The second kappa shape index (κ2) is 7.82. The Balaban J connectivity index is 1.89. The molecule has 1 aliphatic rings. The van der Waals surface area contributed by atoms with Crippen molar-refractivity contribution in [1.82, 2.24) is 9.80 Å². The van der Waals surface area contributed by atoms with Gasteiger partial charge in [0.05, 0.1) is 26.5 Å². The van der Waals surface area contributed by atoms with Crippen LogP contribution in [0.4, 0.5) is 5.69 Å². The van der Waals surface area contributed by atoms with Gasteiger partial charge >= 0.3 is 0 Å². The molecule has 1 fully saturated rings. The van der Waals surface area contributed by atoms with Gasteiger partial charge in [0.2, 0.25) is 11.8 Å². The lowest BCUT2D eigenvalue weighted by atomic mass is 10.2. The van der Waals surface area contributed by atoms with Crippen molar-refractivity contribution in [2.24, 2.45) is 0 Å². The van der Waals surface area contributed by atoms with Gasteiger partial charge in [-0.2, -0.15) is 0 Å². The first-order valence-corrected chi connectivity index (χ1v) is 7.53. The van der Waals surface area contributed by atoms with Crippen molar-refractivity contribution in [1.29, 1.82) is 0 Å². The monoisotopic (exact) mass is 321 g/mol. The van der Waals surface area contributed by atoms with Gasteiger partial charge in [0.15, 0.2) is 0 Å². The summed E-state index contributed by atoms with van der Waals surface area (Å²) >= 11 is 0. The Labute approximate surface area is 136 Å². The summed E-state index contributed by atoms with van der Waals surface area (Å²) in [6.07, 6.45) is 0. The molecule has 0 atom stereocenters. The summed E-state index contributed by atoms with van der Waals surface area (Å²) in [5.74, 6) is 1.20. The molecule has 7 nitrogen and oxygen atoms in total. The molecule has 0 aliphatic carbocycles. The summed E-state index contributed by atoms with van der Waals surface area (Å²) in [6.45, 7) is 4.59. The van der Waals surface area contributed by atoms with E-state index in [0.29, 0.717) is 49.9 Å². The highest BCUT2D eigenvalue weighted by Crippen LogP contribution is 2.28. The van der Waals surface area contributed by atoms with Crippen LogP contribution in [0.2, 0.25) is 0 Å². The Hall–Kier alpha value is -2.28. The maximum Gasteiger partial charge on any atom is 0.238 e. The van der Waals surface area contributed by atoms with Crippen molar-refractivity contribution < 1.29 is 19.1 Å². The number of rotatable bonds is 5. The highest BCUT2D eigenvalue weighted by molar-refractivity contribution is 5.93. The number of ether oxygens (including phenoxy) is 2. The van der Waals surface area contributed by atoms with Crippen molar-refractivity contribution in [3.8, 4) is 11.5 Å². The van der Waals surface area contributed by atoms with E-state index in [9.17, 15) is 9.59 Å². The molecule has 23 heavy (non-hydrogen) atoms. The topological polar surface area (TPSA) is 71.1 Å². The van der Waals surface area contributed by atoms with E-state index >= 15 is 0 Å². The molecule has 2 amide bonds. The molecule has 0 unspecified atom stereocenters. The predicted molar refractivity (Wildman–Crippen MR) is 86.9 cm³/mol. The molecule has 0 saturated carbocycles. The van der Waals surface area contributed by atoms with Gasteiger partial charge in [0.25, 0.3) is 0 Å². The molecule has 126 valence electrons. The SMILES string of the molecule is COc1ccc(NC(=O)CN2CCN(C(C)=O)CC2)c(OC)c1. The zero-order valence-electron chi connectivity index (χ0n) is 13.8. The molecule has 7 heteroatoms. The van der Waals surface area contributed by atoms with E-state index in [2.05, 4.69) is 5.32 Å². The van der Waals surface area contributed by atoms with Crippen molar-refractivity contribution in [3.05, 3.63) is 18.2 Å². The number of amides is 2. The lowest BCUT2D eigenvalue weighted by Crippen LogP contribution is -2.49. The number of anilines is 1. The summed E-state index contributed by atoms with van der Waals surface area (Å²) in [5.41, 5.74) is 0.612. The first-order chi connectivity index (χ1) is 11.0. The van der Waals surface area contributed by atoms with Crippen molar-refractivity contribution in [3.63, 3.8) is 0 Å². The minimum atomic E-state index is -0.107. The predicted octanol–water partition coefficient (Wildman–Crippen LogP) is 0.806. The van der Waals surface area contributed by atoms with E-state index in [-0.39, 0.29) is 11.8 Å². The fourth-order valence-electron chi connectivity index (χ4n) is 2.52. The van der Waals surface area contributed by atoms with Gasteiger partial charge in [-0.25, -0.2) is 0 Å². The normalized spacial score (nSPS) is 15.2. The molecule has 2 rings (SSSR count). The fourth-order valence-corrected chi connectivity index (χ4v) is 2.52. The number of hydrogen-bond donors (Lipinski definition) is 1. The van der Waals surface area contributed by atoms with Gasteiger partial charge in [-0.05, 0) is 12.1 Å². The van der Waals surface area contributed by atoms with Crippen LogP contribution >= 0.6 is 0 Å². The largest absolute Gasteiger partial charge is 0.497 e. The van der Waals surface area contributed by atoms with Gasteiger partial charge in [-0.1, -0.05) is 0 Å². The van der Waals surface area contributed by atoms with E-state index in [1.54, 1.807) is 44.2 Å². The number of benzene rings is 1. The van der Waals surface area contributed by atoms with E-state index in [1.807, 2.05) is 4.90 Å². The third kappa shape index (κ3) is 4.59. The van der Waals surface area contributed by atoms with E-state index in [0.717, 1.165) is 0 Å². The van der Waals surface area contributed by atoms with Crippen LogP contribution in [0.1, 0.15) is 6.92 Å². The van der Waals surface area contributed by atoms with Crippen molar-refractivity contribution in [2.45, 2.75) is 6.92 Å². The number of carbonyl (C=O) groups is 2. The van der Waals surface area contributed by atoms with Crippen LogP contribution in [-0.4, -0.2) is 68.6 Å². The molecule has 1 heterocycles. The summed E-state index contributed by atoms with van der Waals surface area (Å²) in [4.78, 5) is 27.3. The molecule has 1 aromatic carbocycles. The minimum Gasteiger partial charge on any atom is -0.497 e. The zero-order chi connectivity index (χ0) is 16.8. The van der Waals surface area contributed by atoms with Crippen LogP contribution in [0.15, 0.2) is 18.2 Å². The van der Waals surface area contributed by atoms with Gasteiger partial charge in [-0.15, -0.1) is 0 Å². The summed E-state index contributed by atoms with van der Waals surface area (Å²) in [7, 11) is 3.12. The third-order valence-electron chi connectivity index (χ3n) is 3.87. The van der Waals surface area contributed by atoms with E-state index < -0.39 is 0 Å². The maximum atomic E-state index is 12.2. The Morgan fingerprint density at radius 1 is 1.13 bits per heavy atom. The molecule has 1 saturated heterocycles. The van der Waals surface area contributed by atoms with Crippen LogP contribution in [0.25, 0.3) is 0 Å². The number of piperazine rings is 1. The Bertz CT molecular complexity index is 568. The lowest BCUT2D eigenvalue weighted by Gasteiger charge is -2.33. The van der Waals surface area contributed by atoms with Crippen LogP contribution in [0.5, 0.6) is 11.5 Å². The maximum absolute atomic E-state index is 12.2. The van der Waals surface area contributed by atoms with Crippen LogP contribution in [-0.2, 0) is 9.59 Å². The quantitative estimate of drug-likeness (QED) is 0.869. The molecule has 0 aromatic heterocycles. The van der Waals surface area contributed by atoms with Gasteiger partial charge in [0, 0.05) is 39.2 Å². The first kappa shape index (κ1) is 17.1. The molecule has 1 aliphatic heterocycles. The zero-order valence-corrected chi connectivity index (χ0v) is 13.8. The van der Waals surface area contributed by atoms with Crippen molar-refractivity contribution >= 4 is 17.5 Å². The van der Waals surface area contributed by atoms with Gasteiger partial charge in [0.1, 0.15) is 11.5 Å². The number of hydrogen-bond acceptors (Lipinski definition) is 5. The Morgan fingerprint density at radius 2 is 1.83 bits per heavy atom. The summed E-state index contributed by atoms with van der Waals surface area (Å²) in [6, 6.07) is 5.24. The van der Waals surface area contributed by atoms with Gasteiger partial charge < -0.3 is 19.7 Å². The molecule has 0 spiro atoms. The lowest BCUT2D eigenvalue weighted by molar-refractivity contribution is -0.130. The molecule has 0 bridgehead atoms. The molecule has 0 radical (unpaired) electrons. The van der Waals surface area contributed by atoms with E-state index in [1.165, 1.54) is 0 Å². The Kier molecular flexibility index (Phi) is 5.81. The highest BCUT2D eigenvalue weighted by Gasteiger charge is 2.20. The molecule has 1 aromatic rings. The van der Waals surface area contributed by atoms with Crippen LogP contribution in [0, 0.1) is 0 Å². The summed E-state index contributed by atoms with van der Waals surface area (Å²) in [5, 5.41) is 2.85. The molecular weight excluding hydrogens is 298 g/mol. The number of nitrogens with zero attached hydrogens (tertiary/aromatic N) is 2. The summed E-state index contributed by atoms with van der Waals surface area (Å²) < 4.78 is 10.4. The van der Waals surface area contributed by atoms with Crippen LogP contribution in [0.3, 0.4) is 0 Å². The molecule has 1 N–H and O–H groups in total. The van der Waals surface area contributed by atoms with E-state index in [4.69, 9.17) is 9.47 Å². The average Bonchev–Trinajstić information content (AvgIpc) is 2.55. The van der Waals surface area contributed by atoms with Crippen LogP contribution < -0.4 is 14.8 Å². The molecular formula is C16H23N3O4. The standard InChI is InChI=1S/C16H23N3O4/c1-12(20)19-8-6-18(7-9-19)11-16(21)17-14-5-4-13(22-2)10-15(14)23-3/h4-5,10H,6-9,11H2,1-3H3,(H,17,21). The fraction of sp³-hybridized carbons (Fsp3) is 0.500. The number of nitrogens with one attached hydrogen (secondary N) is 1. The smallest absolute Gasteiger partial charge is 0.238 e.